The van der Waals surface area contributed by atoms with Gasteiger partial charge in [-0.2, -0.15) is 12.6 Å². The Bertz CT molecular complexity index is 283. The van der Waals surface area contributed by atoms with Gasteiger partial charge in [0.15, 0.2) is 6.10 Å². The molecular formula is C15H28O5S. The number of ether oxygens (including phenoxy) is 2. The number of aliphatic hydroxyl groups excluding tert-OH is 1. The Balaban J connectivity index is 3.58. The smallest absolute Gasteiger partial charge is 0.316 e. The maximum absolute atomic E-state index is 11.5. The maximum Gasteiger partial charge on any atom is 0.316 e. The Morgan fingerprint density at radius 1 is 1.05 bits per heavy atom. The third kappa shape index (κ3) is 12.7. The number of esters is 2. The summed E-state index contributed by atoms with van der Waals surface area (Å²) >= 11 is 3.76. The van der Waals surface area contributed by atoms with Crippen molar-refractivity contribution in [3.63, 3.8) is 0 Å². The number of aliphatic hydroxyl groups is 1. The quantitative estimate of drug-likeness (QED) is 0.310. The predicted octanol–water partition coefficient (Wildman–Crippen LogP) is 2.50. The highest BCUT2D eigenvalue weighted by Gasteiger charge is 2.15. The average Bonchev–Trinajstić information content (AvgIpc) is 2.50. The van der Waals surface area contributed by atoms with E-state index in [1.807, 2.05) is 0 Å². The molecule has 0 bridgehead atoms. The fraction of sp³-hybridized carbons (Fsp3) is 0.867. The van der Waals surface area contributed by atoms with Crippen LogP contribution < -0.4 is 0 Å². The third-order valence-corrected chi connectivity index (χ3v) is 3.30. The van der Waals surface area contributed by atoms with Gasteiger partial charge in [0.25, 0.3) is 0 Å². The molecule has 124 valence electrons. The van der Waals surface area contributed by atoms with Crippen LogP contribution in [0.15, 0.2) is 0 Å². The van der Waals surface area contributed by atoms with Gasteiger partial charge in [-0.3, -0.25) is 9.59 Å². The summed E-state index contributed by atoms with van der Waals surface area (Å²) < 4.78 is 9.82. The molecule has 21 heavy (non-hydrogen) atoms. The first kappa shape index (κ1) is 20.2. The van der Waals surface area contributed by atoms with Crippen molar-refractivity contribution >= 4 is 24.6 Å². The van der Waals surface area contributed by atoms with E-state index < -0.39 is 12.1 Å². The van der Waals surface area contributed by atoms with Crippen molar-refractivity contribution in [2.45, 2.75) is 64.4 Å². The van der Waals surface area contributed by atoms with Crippen molar-refractivity contribution in [3.05, 3.63) is 0 Å². The van der Waals surface area contributed by atoms with E-state index in [4.69, 9.17) is 14.6 Å². The van der Waals surface area contributed by atoms with Gasteiger partial charge in [0.1, 0.15) is 6.61 Å². The highest BCUT2D eigenvalue weighted by Crippen LogP contribution is 2.09. The predicted molar refractivity (Wildman–Crippen MR) is 84.4 cm³/mol. The lowest BCUT2D eigenvalue weighted by atomic mass is 10.1. The monoisotopic (exact) mass is 320 g/mol. The van der Waals surface area contributed by atoms with Crippen molar-refractivity contribution in [2.24, 2.45) is 0 Å². The van der Waals surface area contributed by atoms with E-state index in [0.717, 1.165) is 19.3 Å². The van der Waals surface area contributed by atoms with Crippen LogP contribution in [0.5, 0.6) is 0 Å². The van der Waals surface area contributed by atoms with Crippen LogP contribution in [0.1, 0.15) is 58.3 Å². The fourth-order valence-electron chi connectivity index (χ4n) is 1.83. The molecule has 5 nitrogen and oxygen atoms in total. The minimum atomic E-state index is -0.803. The van der Waals surface area contributed by atoms with E-state index in [1.165, 1.54) is 25.7 Å². The van der Waals surface area contributed by atoms with Gasteiger partial charge in [0.2, 0.25) is 0 Å². The number of hydrogen-bond acceptors (Lipinski definition) is 6. The zero-order valence-corrected chi connectivity index (χ0v) is 13.8. The summed E-state index contributed by atoms with van der Waals surface area (Å²) in [6.45, 7) is 1.71. The third-order valence-electron chi connectivity index (χ3n) is 3.05. The van der Waals surface area contributed by atoms with E-state index in [9.17, 15) is 9.59 Å². The van der Waals surface area contributed by atoms with Crippen molar-refractivity contribution in [3.8, 4) is 0 Å². The minimum absolute atomic E-state index is 0.0670. The Kier molecular flexibility index (Phi) is 13.7. The molecule has 0 aromatic heterocycles. The molecule has 0 aromatic rings. The number of hydrogen-bond donors (Lipinski definition) is 2. The van der Waals surface area contributed by atoms with Gasteiger partial charge < -0.3 is 14.6 Å². The van der Waals surface area contributed by atoms with Gasteiger partial charge in [0.05, 0.1) is 12.4 Å². The van der Waals surface area contributed by atoms with Gasteiger partial charge >= 0.3 is 11.9 Å². The molecule has 0 aliphatic rings. The van der Waals surface area contributed by atoms with Crippen molar-refractivity contribution in [1.82, 2.24) is 0 Å². The molecule has 0 heterocycles. The lowest BCUT2D eigenvalue weighted by Crippen LogP contribution is -2.28. The number of carbonyl (C=O) groups excluding carboxylic acids is 2. The summed E-state index contributed by atoms with van der Waals surface area (Å²) in [6, 6.07) is 0. The zero-order valence-electron chi connectivity index (χ0n) is 12.9. The molecule has 0 saturated carbocycles. The van der Waals surface area contributed by atoms with Crippen LogP contribution >= 0.6 is 12.6 Å². The first-order valence-corrected chi connectivity index (χ1v) is 8.34. The van der Waals surface area contributed by atoms with E-state index in [1.54, 1.807) is 0 Å². The molecule has 0 rings (SSSR count). The van der Waals surface area contributed by atoms with Gasteiger partial charge in [-0.05, 0) is 6.42 Å². The van der Waals surface area contributed by atoms with Crippen LogP contribution in [-0.4, -0.2) is 42.1 Å². The molecule has 0 radical (unpaired) electrons. The molecule has 1 N–H and O–H groups in total. The van der Waals surface area contributed by atoms with Gasteiger partial charge in [-0.15, -0.1) is 0 Å². The number of thiol groups is 1. The van der Waals surface area contributed by atoms with Crippen LogP contribution in [0.3, 0.4) is 0 Å². The van der Waals surface area contributed by atoms with E-state index in [-0.39, 0.29) is 24.9 Å². The largest absolute Gasteiger partial charge is 0.462 e. The van der Waals surface area contributed by atoms with Gasteiger partial charge in [-0.1, -0.05) is 45.4 Å². The summed E-state index contributed by atoms with van der Waals surface area (Å²) in [4.78, 5) is 22.5. The molecule has 0 aliphatic carbocycles. The van der Waals surface area contributed by atoms with Crippen LogP contribution in [-0.2, 0) is 19.1 Å². The molecule has 0 fully saturated rings. The van der Waals surface area contributed by atoms with Crippen LogP contribution in [0, 0.1) is 0 Å². The second-order valence-corrected chi connectivity index (χ2v) is 5.32. The molecule has 0 aliphatic heterocycles. The summed E-state index contributed by atoms with van der Waals surface area (Å²) in [5.41, 5.74) is 0. The van der Waals surface area contributed by atoms with E-state index in [0.29, 0.717) is 6.42 Å². The second-order valence-electron chi connectivity index (χ2n) is 5.01. The highest BCUT2D eigenvalue weighted by atomic mass is 32.1. The van der Waals surface area contributed by atoms with Gasteiger partial charge in [0, 0.05) is 6.42 Å². The maximum atomic E-state index is 11.5. The Hall–Kier alpha value is -0.750. The Morgan fingerprint density at radius 3 is 2.24 bits per heavy atom. The normalized spacial score (nSPS) is 12.0. The first-order chi connectivity index (χ1) is 10.1. The second kappa shape index (κ2) is 14.2. The van der Waals surface area contributed by atoms with E-state index in [2.05, 4.69) is 19.6 Å². The number of unbranched alkanes of at least 4 members (excludes halogenated alkanes) is 6. The van der Waals surface area contributed by atoms with E-state index >= 15 is 0 Å². The SMILES string of the molecule is CCCCCCCCCC(=O)OCC(CO)OC(=O)CS. The molecule has 0 spiro atoms. The van der Waals surface area contributed by atoms with Crippen LogP contribution in [0.2, 0.25) is 0 Å². The van der Waals surface area contributed by atoms with Gasteiger partial charge in [-0.25, -0.2) is 0 Å². The number of carbonyl (C=O) groups is 2. The Morgan fingerprint density at radius 2 is 1.67 bits per heavy atom. The first-order valence-electron chi connectivity index (χ1n) is 7.70. The molecule has 0 amide bonds. The van der Waals surface area contributed by atoms with Crippen molar-refractivity contribution < 1.29 is 24.2 Å². The standard InChI is InChI=1S/C15H28O5S/c1-2-3-4-5-6-7-8-9-14(17)19-11-13(10-16)20-15(18)12-21/h13,16,21H,2-12H2,1H3. The van der Waals surface area contributed by atoms with Crippen LogP contribution in [0.4, 0.5) is 0 Å². The lowest BCUT2D eigenvalue weighted by Gasteiger charge is -2.15. The molecule has 0 aromatic carbocycles. The molecule has 6 heteroatoms. The molecular weight excluding hydrogens is 292 g/mol. The summed E-state index contributed by atoms with van der Waals surface area (Å²) in [5.74, 6) is -0.924. The summed E-state index contributed by atoms with van der Waals surface area (Å²) in [5, 5.41) is 9.01. The number of rotatable bonds is 13. The minimum Gasteiger partial charge on any atom is -0.462 e. The van der Waals surface area contributed by atoms with Crippen LogP contribution in [0.25, 0.3) is 0 Å². The fourth-order valence-corrected chi connectivity index (χ4v) is 1.91. The lowest BCUT2D eigenvalue weighted by molar-refractivity contribution is -0.159. The Labute approximate surface area is 132 Å². The molecule has 1 unspecified atom stereocenters. The molecule has 0 saturated heterocycles. The zero-order chi connectivity index (χ0) is 15.9. The topological polar surface area (TPSA) is 72.8 Å². The summed E-state index contributed by atoms with van der Waals surface area (Å²) in [6.07, 6.45) is 7.53. The highest BCUT2D eigenvalue weighted by molar-refractivity contribution is 7.81. The van der Waals surface area contributed by atoms with Crippen molar-refractivity contribution in [2.75, 3.05) is 19.0 Å². The molecule has 1 atom stereocenters. The summed E-state index contributed by atoms with van der Waals surface area (Å²) in [7, 11) is 0. The average molecular weight is 320 g/mol. The van der Waals surface area contributed by atoms with Crippen molar-refractivity contribution in [1.29, 1.82) is 0 Å².